The van der Waals surface area contributed by atoms with Gasteiger partial charge in [-0.15, -0.1) is 5.26 Å². The number of rotatable bonds is 3. The Bertz CT molecular complexity index is 368. The molecule has 0 bridgehead atoms. The first-order valence-electron chi connectivity index (χ1n) is 4.11. The Morgan fingerprint density at radius 1 is 1.57 bits per heavy atom. The summed E-state index contributed by atoms with van der Waals surface area (Å²) in [5.41, 5.74) is 0.375. The first-order chi connectivity index (χ1) is 6.77. The first-order valence-corrected chi connectivity index (χ1v) is 4.11. The fraction of sp³-hybridized carbons (Fsp3) is 0.200. The van der Waals surface area contributed by atoms with Crippen LogP contribution in [0, 0.1) is 11.5 Å². The number of carbonyl (C=O) groups is 1. The number of nitrogens with zero attached hydrogens (tertiary/aromatic N) is 1. The zero-order valence-electron chi connectivity index (χ0n) is 7.69. The van der Waals surface area contributed by atoms with Crippen LogP contribution in [0.5, 0.6) is 5.75 Å². The van der Waals surface area contributed by atoms with E-state index in [4.69, 9.17) is 10.00 Å². The monoisotopic (exact) mass is 191 g/mol. The van der Waals surface area contributed by atoms with Crippen LogP contribution in [0.15, 0.2) is 24.3 Å². The summed E-state index contributed by atoms with van der Waals surface area (Å²) >= 11 is 0. The zero-order chi connectivity index (χ0) is 10.4. The molecule has 0 amide bonds. The number of ether oxygens (including phenoxy) is 2. The van der Waals surface area contributed by atoms with E-state index >= 15 is 0 Å². The molecule has 14 heavy (non-hydrogen) atoms. The van der Waals surface area contributed by atoms with E-state index in [2.05, 4.69) is 4.74 Å². The van der Waals surface area contributed by atoms with Gasteiger partial charge < -0.3 is 9.47 Å². The number of hydrogen-bond acceptors (Lipinski definition) is 4. The summed E-state index contributed by atoms with van der Waals surface area (Å²) in [5.74, 6) is -0.0889. The Balaban J connectivity index is 2.83. The van der Waals surface area contributed by atoms with Crippen LogP contribution in [0.4, 0.5) is 0 Å². The predicted octanol–water partition coefficient (Wildman–Crippen LogP) is 1.72. The molecule has 0 N–H and O–H groups in total. The fourth-order valence-corrected chi connectivity index (χ4v) is 0.954. The molecule has 0 aromatic heterocycles. The van der Waals surface area contributed by atoms with E-state index in [1.54, 1.807) is 25.1 Å². The van der Waals surface area contributed by atoms with Crippen LogP contribution in [0.25, 0.3) is 0 Å². The molecule has 0 heterocycles. The average Bonchev–Trinajstić information content (AvgIpc) is 2.19. The zero-order valence-corrected chi connectivity index (χ0v) is 7.69. The normalized spacial score (nSPS) is 8.86. The average molecular weight is 191 g/mol. The van der Waals surface area contributed by atoms with E-state index in [-0.39, 0.29) is 0 Å². The molecular weight excluding hydrogens is 182 g/mol. The Hall–Kier alpha value is -2.02. The summed E-state index contributed by atoms with van der Waals surface area (Å²) in [6.45, 7) is 2.05. The first kappa shape index (κ1) is 10.1. The molecule has 0 saturated carbocycles. The molecule has 1 aromatic rings. The van der Waals surface area contributed by atoms with Crippen LogP contribution in [-0.2, 0) is 4.74 Å². The van der Waals surface area contributed by atoms with Gasteiger partial charge in [-0.3, -0.25) is 0 Å². The predicted molar refractivity (Wildman–Crippen MR) is 48.6 cm³/mol. The van der Waals surface area contributed by atoms with Crippen molar-refractivity contribution in [2.45, 2.75) is 6.92 Å². The molecular formula is C10H9NO3. The van der Waals surface area contributed by atoms with E-state index in [1.165, 1.54) is 12.3 Å². The highest BCUT2D eigenvalue weighted by molar-refractivity contribution is 5.89. The van der Waals surface area contributed by atoms with Crippen LogP contribution in [0.1, 0.15) is 17.3 Å². The van der Waals surface area contributed by atoms with E-state index in [1.807, 2.05) is 0 Å². The molecule has 4 heteroatoms. The highest BCUT2D eigenvalue weighted by Crippen LogP contribution is 2.13. The number of nitriles is 1. The Kier molecular flexibility index (Phi) is 3.50. The minimum Gasteiger partial charge on any atom is -0.462 e. The van der Waals surface area contributed by atoms with Crippen LogP contribution >= 0.6 is 0 Å². The van der Waals surface area contributed by atoms with Crippen molar-refractivity contribution in [3.8, 4) is 12.0 Å². The van der Waals surface area contributed by atoms with Gasteiger partial charge in [-0.05, 0) is 25.1 Å². The van der Waals surface area contributed by atoms with Gasteiger partial charge in [0.05, 0.1) is 12.2 Å². The summed E-state index contributed by atoms with van der Waals surface area (Å²) in [6.07, 6.45) is 1.53. The topological polar surface area (TPSA) is 59.3 Å². The largest absolute Gasteiger partial charge is 0.462 e. The van der Waals surface area contributed by atoms with Crippen LogP contribution < -0.4 is 4.74 Å². The van der Waals surface area contributed by atoms with E-state index in [0.29, 0.717) is 17.9 Å². The molecule has 4 nitrogen and oxygen atoms in total. The second kappa shape index (κ2) is 4.87. The van der Waals surface area contributed by atoms with Gasteiger partial charge >= 0.3 is 5.97 Å². The summed E-state index contributed by atoms with van der Waals surface area (Å²) in [4.78, 5) is 11.2. The van der Waals surface area contributed by atoms with Crippen molar-refractivity contribution < 1.29 is 14.3 Å². The molecule has 0 atom stereocenters. The van der Waals surface area contributed by atoms with Crippen LogP contribution in [0.2, 0.25) is 0 Å². The van der Waals surface area contributed by atoms with Crippen molar-refractivity contribution in [2.24, 2.45) is 0 Å². The number of hydrogen-bond donors (Lipinski definition) is 0. The van der Waals surface area contributed by atoms with Gasteiger partial charge in [-0.25, -0.2) is 4.79 Å². The molecule has 1 aromatic carbocycles. The molecule has 72 valence electrons. The van der Waals surface area contributed by atoms with Gasteiger partial charge in [0.25, 0.3) is 6.26 Å². The summed E-state index contributed by atoms with van der Waals surface area (Å²) in [7, 11) is 0. The summed E-state index contributed by atoms with van der Waals surface area (Å²) < 4.78 is 9.36. The third kappa shape index (κ3) is 2.49. The molecule has 1 rings (SSSR count). The Labute approximate surface area is 81.7 Å². The van der Waals surface area contributed by atoms with Crippen molar-refractivity contribution in [3.05, 3.63) is 29.8 Å². The lowest BCUT2D eigenvalue weighted by molar-refractivity contribution is 0.0526. The van der Waals surface area contributed by atoms with Crippen molar-refractivity contribution in [3.63, 3.8) is 0 Å². The smallest absolute Gasteiger partial charge is 0.338 e. The van der Waals surface area contributed by atoms with Crippen molar-refractivity contribution >= 4 is 5.97 Å². The number of carbonyl (C=O) groups excluding carboxylic acids is 1. The molecule has 0 spiro atoms. The quantitative estimate of drug-likeness (QED) is 0.539. The lowest BCUT2D eigenvalue weighted by Gasteiger charge is -2.02. The third-order valence-electron chi connectivity index (χ3n) is 1.51. The maximum atomic E-state index is 11.2. The number of esters is 1. The maximum absolute atomic E-state index is 11.2. The molecule has 0 saturated heterocycles. The minimum absolute atomic E-state index is 0.322. The lowest BCUT2D eigenvalue weighted by Crippen LogP contribution is -2.04. The summed E-state index contributed by atoms with van der Waals surface area (Å²) in [6, 6.07) is 6.27. The van der Waals surface area contributed by atoms with Crippen molar-refractivity contribution in [1.29, 1.82) is 5.26 Å². The lowest BCUT2D eigenvalue weighted by atomic mass is 10.2. The van der Waals surface area contributed by atoms with E-state index in [9.17, 15) is 4.79 Å². The van der Waals surface area contributed by atoms with Gasteiger partial charge in [0.2, 0.25) is 0 Å². The highest BCUT2D eigenvalue weighted by Gasteiger charge is 2.06. The maximum Gasteiger partial charge on any atom is 0.338 e. The second-order valence-corrected chi connectivity index (χ2v) is 2.44. The van der Waals surface area contributed by atoms with Crippen molar-refractivity contribution in [2.75, 3.05) is 6.61 Å². The molecule has 0 aliphatic rings. The highest BCUT2D eigenvalue weighted by atomic mass is 16.5. The van der Waals surface area contributed by atoms with E-state index < -0.39 is 5.97 Å². The molecule has 0 fully saturated rings. The van der Waals surface area contributed by atoms with Crippen LogP contribution in [0.3, 0.4) is 0 Å². The Morgan fingerprint density at radius 2 is 2.36 bits per heavy atom. The number of benzene rings is 1. The fourth-order valence-electron chi connectivity index (χ4n) is 0.954. The molecule has 0 aliphatic carbocycles. The van der Waals surface area contributed by atoms with Crippen molar-refractivity contribution in [1.82, 2.24) is 0 Å². The molecule has 0 radical (unpaired) electrons. The standard InChI is InChI=1S/C10H9NO3/c1-2-13-10(12)8-4-3-5-9(6-8)14-7-11/h3-6H,2H2,1H3. The molecule has 0 aliphatic heterocycles. The minimum atomic E-state index is -0.420. The Morgan fingerprint density at radius 3 is 3.00 bits per heavy atom. The van der Waals surface area contributed by atoms with Gasteiger partial charge in [-0.2, -0.15) is 0 Å². The second-order valence-electron chi connectivity index (χ2n) is 2.44. The molecule has 0 unspecified atom stereocenters. The van der Waals surface area contributed by atoms with Gasteiger partial charge in [-0.1, -0.05) is 6.07 Å². The summed E-state index contributed by atoms with van der Waals surface area (Å²) in [5, 5.41) is 8.26. The van der Waals surface area contributed by atoms with Gasteiger partial charge in [0.1, 0.15) is 5.75 Å². The van der Waals surface area contributed by atoms with E-state index in [0.717, 1.165) is 0 Å². The third-order valence-corrected chi connectivity index (χ3v) is 1.51. The van der Waals surface area contributed by atoms with Crippen LogP contribution in [-0.4, -0.2) is 12.6 Å². The SMILES string of the molecule is CCOC(=O)c1cccc(OC#N)c1. The van der Waals surface area contributed by atoms with Gasteiger partial charge in [0, 0.05) is 0 Å². The van der Waals surface area contributed by atoms with Gasteiger partial charge in [0.15, 0.2) is 0 Å².